The number of amides is 1. The molecule has 21 heavy (non-hydrogen) atoms. The Morgan fingerprint density at radius 2 is 2.00 bits per heavy atom. The Kier molecular flexibility index (Phi) is 6.05. The van der Waals surface area contributed by atoms with Gasteiger partial charge in [-0.1, -0.05) is 13.3 Å². The van der Waals surface area contributed by atoms with E-state index >= 15 is 0 Å². The van der Waals surface area contributed by atoms with Crippen LogP contribution in [0.1, 0.15) is 49.4 Å². The highest BCUT2D eigenvalue weighted by atomic mass is 16.5. The van der Waals surface area contributed by atoms with E-state index in [-0.39, 0.29) is 5.91 Å². The maximum absolute atomic E-state index is 12.5. The Hall–Kier alpha value is -1.55. The molecule has 0 atom stereocenters. The number of hydrogen-bond donors (Lipinski definition) is 1. The first-order valence-electron chi connectivity index (χ1n) is 8.00. The molecule has 1 aliphatic carbocycles. The lowest BCUT2D eigenvalue weighted by molar-refractivity contribution is 0.0742. The Labute approximate surface area is 127 Å². The summed E-state index contributed by atoms with van der Waals surface area (Å²) < 4.78 is 5.62. The van der Waals surface area contributed by atoms with Crippen LogP contribution in [0.25, 0.3) is 0 Å². The lowest BCUT2D eigenvalue weighted by Crippen LogP contribution is -2.34. The van der Waals surface area contributed by atoms with Crippen LogP contribution in [-0.2, 0) is 0 Å². The SMILES string of the molecule is CCCCOc1ccc(C(=O)N(CCCN)C2CC2)cc1. The average Bonchev–Trinajstić information content (AvgIpc) is 3.33. The van der Waals surface area contributed by atoms with Crippen LogP contribution < -0.4 is 10.5 Å². The molecule has 0 unspecified atom stereocenters. The highest BCUT2D eigenvalue weighted by molar-refractivity contribution is 5.94. The van der Waals surface area contributed by atoms with E-state index in [1.54, 1.807) is 0 Å². The van der Waals surface area contributed by atoms with Crippen molar-refractivity contribution < 1.29 is 9.53 Å². The predicted molar refractivity (Wildman–Crippen MR) is 84.6 cm³/mol. The standard InChI is InChI=1S/C17H26N2O2/c1-2-3-13-21-16-9-5-14(6-10-16)17(20)19(12-4-11-18)15-7-8-15/h5-6,9-10,15H,2-4,7-8,11-13,18H2,1H3. The van der Waals surface area contributed by atoms with Gasteiger partial charge in [-0.05, 0) is 56.5 Å². The number of benzene rings is 1. The second-order valence-electron chi connectivity index (χ2n) is 5.60. The fourth-order valence-electron chi connectivity index (χ4n) is 2.29. The molecule has 0 bridgehead atoms. The molecule has 1 aromatic rings. The van der Waals surface area contributed by atoms with Crippen molar-refractivity contribution in [3.8, 4) is 5.75 Å². The lowest BCUT2D eigenvalue weighted by atomic mass is 10.2. The van der Waals surface area contributed by atoms with Gasteiger partial charge in [-0.3, -0.25) is 4.79 Å². The smallest absolute Gasteiger partial charge is 0.254 e. The van der Waals surface area contributed by atoms with Crippen LogP contribution in [0.15, 0.2) is 24.3 Å². The molecule has 4 heteroatoms. The van der Waals surface area contributed by atoms with E-state index < -0.39 is 0 Å². The molecule has 1 aliphatic rings. The summed E-state index contributed by atoms with van der Waals surface area (Å²) in [6.45, 7) is 4.25. The number of unbranched alkanes of at least 4 members (excludes halogenated alkanes) is 1. The number of carbonyl (C=O) groups is 1. The monoisotopic (exact) mass is 290 g/mol. The fourth-order valence-corrected chi connectivity index (χ4v) is 2.29. The molecule has 1 saturated carbocycles. The van der Waals surface area contributed by atoms with E-state index in [9.17, 15) is 4.79 Å². The van der Waals surface area contributed by atoms with Crippen molar-refractivity contribution in [3.05, 3.63) is 29.8 Å². The number of nitrogens with zero attached hydrogens (tertiary/aromatic N) is 1. The summed E-state index contributed by atoms with van der Waals surface area (Å²) in [5.74, 6) is 0.950. The van der Waals surface area contributed by atoms with Crippen LogP contribution in [0.5, 0.6) is 5.75 Å². The topological polar surface area (TPSA) is 55.6 Å². The van der Waals surface area contributed by atoms with E-state index in [4.69, 9.17) is 10.5 Å². The molecule has 1 amide bonds. The third-order valence-corrected chi connectivity index (χ3v) is 3.72. The minimum atomic E-state index is 0.117. The third-order valence-electron chi connectivity index (χ3n) is 3.72. The molecule has 116 valence electrons. The quantitative estimate of drug-likeness (QED) is 0.712. The Bertz CT molecular complexity index is 441. The summed E-state index contributed by atoms with van der Waals surface area (Å²) in [5, 5.41) is 0. The van der Waals surface area contributed by atoms with Crippen LogP contribution in [0.3, 0.4) is 0 Å². The Morgan fingerprint density at radius 1 is 1.29 bits per heavy atom. The molecule has 0 heterocycles. The third kappa shape index (κ3) is 4.74. The van der Waals surface area contributed by atoms with Crippen LogP contribution in [-0.4, -0.2) is 36.5 Å². The molecule has 0 radical (unpaired) electrons. The van der Waals surface area contributed by atoms with Gasteiger partial charge in [0.1, 0.15) is 5.75 Å². The van der Waals surface area contributed by atoms with Crippen LogP contribution >= 0.6 is 0 Å². The van der Waals surface area contributed by atoms with E-state index in [1.807, 2.05) is 29.2 Å². The molecule has 2 rings (SSSR count). The molecule has 1 aromatic carbocycles. The van der Waals surface area contributed by atoms with Crippen molar-refractivity contribution in [3.63, 3.8) is 0 Å². The van der Waals surface area contributed by atoms with Gasteiger partial charge in [0.05, 0.1) is 6.61 Å². The van der Waals surface area contributed by atoms with Crippen molar-refractivity contribution in [2.24, 2.45) is 5.73 Å². The highest BCUT2D eigenvalue weighted by Crippen LogP contribution is 2.28. The molecule has 1 fully saturated rings. The number of nitrogens with two attached hydrogens (primary N) is 1. The van der Waals surface area contributed by atoms with Gasteiger partial charge in [0.25, 0.3) is 5.91 Å². The normalized spacial score (nSPS) is 14.0. The molecular formula is C17H26N2O2. The maximum Gasteiger partial charge on any atom is 0.254 e. The van der Waals surface area contributed by atoms with Crippen molar-refractivity contribution in [2.45, 2.75) is 45.1 Å². The van der Waals surface area contributed by atoms with Gasteiger partial charge >= 0.3 is 0 Å². The summed E-state index contributed by atoms with van der Waals surface area (Å²) in [6.07, 6.45) is 5.27. The number of ether oxygens (including phenoxy) is 1. The van der Waals surface area contributed by atoms with Gasteiger partial charge in [0, 0.05) is 18.2 Å². The number of rotatable bonds is 9. The number of hydrogen-bond acceptors (Lipinski definition) is 3. The zero-order valence-electron chi connectivity index (χ0n) is 12.9. The van der Waals surface area contributed by atoms with E-state index in [1.165, 1.54) is 0 Å². The van der Waals surface area contributed by atoms with Gasteiger partial charge < -0.3 is 15.4 Å². The van der Waals surface area contributed by atoms with Crippen LogP contribution in [0.2, 0.25) is 0 Å². The minimum Gasteiger partial charge on any atom is -0.494 e. The average molecular weight is 290 g/mol. The van der Waals surface area contributed by atoms with E-state index in [2.05, 4.69) is 6.92 Å². The molecule has 2 N–H and O–H groups in total. The Morgan fingerprint density at radius 3 is 2.57 bits per heavy atom. The Balaban J connectivity index is 1.94. The first-order valence-corrected chi connectivity index (χ1v) is 8.00. The van der Waals surface area contributed by atoms with E-state index in [0.717, 1.165) is 56.6 Å². The lowest BCUT2D eigenvalue weighted by Gasteiger charge is -2.22. The summed E-state index contributed by atoms with van der Waals surface area (Å²) in [6, 6.07) is 7.92. The van der Waals surface area contributed by atoms with Crippen molar-refractivity contribution in [1.82, 2.24) is 4.90 Å². The second kappa shape index (κ2) is 8.03. The molecular weight excluding hydrogens is 264 g/mol. The maximum atomic E-state index is 12.5. The summed E-state index contributed by atoms with van der Waals surface area (Å²) >= 11 is 0. The van der Waals surface area contributed by atoms with Gasteiger partial charge in [0.2, 0.25) is 0 Å². The summed E-state index contributed by atoms with van der Waals surface area (Å²) in [7, 11) is 0. The molecule has 0 spiro atoms. The first kappa shape index (κ1) is 15.8. The van der Waals surface area contributed by atoms with Crippen molar-refractivity contribution >= 4 is 5.91 Å². The van der Waals surface area contributed by atoms with Gasteiger partial charge in [-0.2, -0.15) is 0 Å². The molecule has 0 aliphatic heterocycles. The second-order valence-corrected chi connectivity index (χ2v) is 5.60. The zero-order valence-corrected chi connectivity index (χ0v) is 12.9. The summed E-state index contributed by atoms with van der Waals surface area (Å²) in [5.41, 5.74) is 6.30. The highest BCUT2D eigenvalue weighted by Gasteiger charge is 2.32. The van der Waals surface area contributed by atoms with E-state index in [0.29, 0.717) is 12.6 Å². The zero-order chi connectivity index (χ0) is 15.1. The molecule has 4 nitrogen and oxygen atoms in total. The van der Waals surface area contributed by atoms with Gasteiger partial charge in [0.15, 0.2) is 0 Å². The van der Waals surface area contributed by atoms with Crippen molar-refractivity contribution in [1.29, 1.82) is 0 Å². The molecule has 0 aromatic heterocycles. The largest absolute Gasteiger partial charge is 0.494 e. The van der Waals surface area contributed by atoms with Gasteiger partial charge in [-0.25, -0.2) is 0 Å². The van der Waals surface area contributed by atoms with Crippen LogP contribution in [0, 0.1) is 0 Å². The van der Waals surface area contributed by atoms with Crippen LogP contribution in [0.4, 0.5) is 0 Å². The predicted octanol–water partition coefficient (Wildman–Crippen LogP) is 2.82. The fraction of sp³-hybridized carbons (Fsp3) is 0.588. The minimum absolute atomic E-state index is 0.117. The van der Waals surface area contributed by atoms with Crippen molar-refractivity contribution in [2.75, 3.05) is 19.7 Å². The first-order chi connectivity index (χ1) is 10.3. The number of carbonyl (C=O) groups excluding carboxylic acids is 1. The summed E-state index contributed by atoms with van der Waals surface area (Å²) in [4.78, 5) is 14.5. The molecule has 0 saturated heterocycles. The van der Waals surface area contributed by atoms with Gasteiger partial charge in [-0.15, -0.1) is 0 Å².